The van der Waals surface area contributed by atoms with Crippen molar-refractivity contribution in [1.82, 2.24) is 10.0 Å². The first-order chi connectivity index (χ1) is 15.2. The monoisotopic (exact) mass is 479 g/mol. The summed E-state index contributed by atoms with van der Waals surface area (Å²) in [7, 11) is -3.88. The third kappa shape index (κ3) is 6.77. The number of amides is 2. The summed E-state index contributed by atoms with van der Waals surface area (Å²) in [5.74, 6) is -0.944. The molecular weight excluding hydrogens is 454 g/mol. The van der Waals surface area contributed by atoms with E-state index in [0.29, 0.717) is 23.9 Å². The fraction of sp³-hybridized carbons (Fsp3) is 0.364. The number of carbonyl (C=O) groups excluding carboxylic acids is 2. The van der Waals surface area contributed by atoms with Crippen LogP contribution in [0.25, 0.3) is 0 Å². The maximum absolute atomic E-state index is 12.9. The molecule has 2 N–H and O–H groups in total. The smallest absolute Gasteiger partial charge is 0.242 e. The molecule has 1 aliphatic rings. The molecule has 0 aliphatic carbocycles. The number of benzene rings is 2. The number of rotatable bonds is 9. The SMILES string of the molecule is Cc1ccc(S(=O)(=O)NCC(=O)N(CC(=O)NC[C@@H]2CCCO2)c2ccc(Cl)cc2)cc1. The number of anilines is 1. The fourth-order valence-corrected chi connectivity index (χ4v) is 4.33. The van der Waals surface area contributed by atoms with Crippen molar-refractivity contribution < 1.29 is 22.7 Å². The second-order valence-corrected chi connectivity index (χ2v) is 9.74. The van der Waals surface area contributed by atoms with Crippen molar-refractivity contribution in [3.8, 4) is 0 Å². The van der Waals surface area contributed by atoms with E-state index in [2.05, 4.69) is 10.0 Å². The minimum Gasteiger partial charge on any atom is -0.376 e. The van der Waals surface area contributed by atoms with Gasteiger partial charge >= 0.3 is 0 Å². The van der Waals surface area contributed by atoms with E-state index in [9.17, 15) is 18.0 Å². The Morgan fingerprint density at radius 3 is 2.44 bits per heavy atom. The van der Waals surface area contributed by atoms with E-state index in [0.717, 1.165) is 18.4 Å². The molecule has 1 atom stereocenters. The van der Waals surface area contributed by atoms with Crippen molar-refractivity contribution in [1.29, 1.82) is 0 Å². The lowest BCUT2D eigenvalue weighted by atomic mass is 10.2. The van der Waals surface area contributed by atoms with Crippen LogP contribution in [0.5, 0.6) is 0 Å². The number of halogens is 1. The molecule has 0 unspecified atom stereocenters. The lowest BCUT2D eigenvalue weighted by molar-refractivity contribution is -0.123. The lowest BCUT2D eigenvalue weighted by Gasteiger charge is -2.23. The largest absolute Gasteiger partial charge is 0.376 e. The predicted octanol–water partition coefficient (Wildman–Crippen LogP) is 2.26. The van der Waals surface area contributed by atoms with Crippen LogP contribution in [-0.4, -0.2) is 52.6 Å². The van der Waals surface area contributed by atoms with Gasteiger partial charge in [0.15, 0.2) is 0 Å². The van der Waals surface area contributed by atoms with E-state index in [4.69, 9.17) is 16.3 Å². The van der Waals surface area contributed by atoms with Crippen LogP contribution in [0, 0.1) is 6.92 Å². The van der Waals surface area contributed by atoms with Crippen LogP contribution in [0.2, 0.25) is 5.02 Å². The van der Waals surface area contributed by atoms with Gasteiger partial charge in [-0.25, -0.2) is 13.1 Å². The molecule has 0 bridgehead atoms. The summed E-state index contributed by atoms with van der Waals surface area (Å²) in [5.41, 5.74) is 1.35. The van der Waals surface area contributed by atoms with Crippen LogP contribution in [0.4, 0.5) is 5.69 Å². The van der Waals surface area contributed by atoms with Crippen molar-refractivity contribution in [2.45, 2.75) is 30.8 Å². The molecule has 0 radical (unpaired) electrons. The van der Waals surface area contributed by atoms with Crippen molar-refractivity contribution >= 4 is 39.1 Å². The van der Waals surface area contributed by atoms with Crippen molar-refractivity contribution in [3.05, 3.63) is 59.1 Å². The maximum Gasteiger partial charge on any atom is 0.242 e. The lowest BCUT2D eigenvalue weighted by Crippen LogP contribution is -2.46. The van der Waals surface area contributed by atoms with Gasteiger partial charge in [0.1, 0.15) is 6.54 Å². The van der Waals surface area contributed by atoms with Crippen LogP contribution < -0.4 is 14.9 Å². The first-order valence-electron chi connectivity index (χ1n) is 10.3. The third-order valence-corrected chi connectivity index (χ3v) is 6.71. The number of ether oxygens (including phenoxy) is 1. The molecule has 1 heterocycles. The molecule has 3 rings (SSSR count). The molecule has 1 fully saturated rings. The summed E-state index contributed by atoms with van der Waals surface area (Å²) in [4.78, 5) is 26.7. The molecule has 2 aromatic rings. The van der Waals surface area contributed by atoms with Gasteiger partial charge in [-0.2, -0.15) is 0 Å². The van der Waals surface area contributed by atoms with Gasteiger partial charge in [-0.15, -0.1) is 0 Å². The standard InChI is InChI=1S/C22H26ClN3O5S/c1-16-4-10-20(11-5-16)32(29,30)25-14-22(28)26(18-8-6-17(23)7-9-18)15-21(27)24-13-19-3-2-12-31-19/h4-11,19,25H,2-3,12-15H2,1H3,(H,24,27)/t19-/m0/s1. The van der Waals surface area contributed by atoms with Gasteiger partial charge in [-0.1, -0.05) is 29.3 Å². The van der Waals surface area contributed by atoms with E-state index in [1.807, 2.05) is 6.92 Å². The number of sulfonamides is 1. The Labute approximate surface area is 192 Å². The summed E-state index contributed by atoms with van der Waals surface area (Å²) in [6.07, 6.45) is 1.80. The van der Waals surface area contributed by atoms with Crippen LogP contribution in [-0.2, 0) is 24.3 Å². The average molecular weight is 480 g/mol. The van der Waals surface area contributed by atoms with E-state index in [-0.39, 0.29) is 23.5 Å². The minimum atomic E-state index is -3.88. The summed E-state index contributed by atoms with van der Waals surface area (Å²) in [5, 5.41) is 3.25. The fourth-order valence-electron chi connectivity index (χ4n) is 3.23. The van der Waals surface area contributed by atoms with Gasteiger partial charge in [0.2, 0.25) is 21.8 Å². The van der Waals surface area contributed by atoms with Crippen molar-refractivity contribution in [2.24, 2.45) is 0 Å². The molecule has 172 valence electrons. The first kappa shape index (κ1) is 24.2. The minimum absolute atomic E-state index is 0.0278. The topological polar surface area (TPSA) is 105 Å². The molecule has 32 heavy (non-hydrogen) atoms. The van der Waals surface area contributed by atoms with E-state index < -0.39 is 22.5 Å². The highest BCUT2D eigenvalue weighted by Crippen LogP contribution is 2.18. The summed E-state index contributed by atoms with van der Waals surface area (Å²) >= 11 is 5.94. The van der Waals surface area contributed by atoms with Gasteiger partial charge in [-0.3, -0.25) is 9.59 Å². The molecule has 1 saturated heterocycles. The van der Waals surface area contributed by atoms with Crippen molar-refractivity contribution in [2.75, 3.05) is 31.1 Å². The number of carbonyl (C=O) groups is 2. The molecule has 0 aromatic heterocycles. The number of hydrogen-bond acceptors (Lipinski definition) is 5. The quantitative estimate of drug-likeness (QED) is 0.574. The molecule has 10 heteroatoms. The Hall–Kier alpha value is -2.46. The predicted molar refractivity (Wildman–Crippen MR) is 122 cm³/mol. The molecule has 1 aliphatic heterocycles. The highest BCUT2D eigenvalue weighted by atomic mass is 35.5. The molecule has 0 spiro atoms. The normalized spacial score (nSPS) is 16.0. The highest BCUT2D eigenvalue weighted by Gasteiger charge is 2.23. The number of nitrogens with zero attached hydrogens (tertiary/aromatic N) is 1. The van der Waals surface area contributed by atoms with Gasteiger partial charge in [-0.05, 0) is 56.2 Å². The second-order valence-electron chi connectivity index (χ2n) is 7.53. The Morgan fingerprint density at radius 1 is 1.12 bits per heavy atom. The first-order valence-corrected chi connectivity index (χ1v) is 12.1. The van der Waals surface area contributed by atoms with Crippen LogP contribution in [0.1, 0.15) is 18.4 Å². The van der Waals surface area contributed by atoms with Crippen LogP contribution in [0.3, 0.4) is 0 Å². The zero-order chi connectivity index (χ0) is 23.1. The van der Waals surface area contributed by atoms with E-state index >= 15 is 0 Å². The molecule has 2 aromatic carbocycles. The summed E-state index contributed by atoms with van der Waals surface area (Å²) < 4.78 is 32.9. The van der Waals surface area contributed by atoms with Crippen molar-refractivity contribution in [3.63, 3.8) is 0 Å². The second kappa shape index (κ2) is 10.9. The van der Waals surface area contributed by atoms with E-state index in [1.165, 1.54) is 17.0 Å². The van der Waals surface area contributed by atoms with E-state index in [1.54, 1.807) is 36.4 Å². The van der Waals surface area contributed by atoms with Crippen LogP contribution >= 0.6 is 11.6 Å². The molecule has 2 amide bonds. The Bertz CT molecular complexity index is 1040. The Kier molecular flexibility index (Phi) is 8.25. The average Bonchev–Trinajstić information content (AvgIpc) is 3.29. The summed E-state index contributed by atoms with van der Waals surface area (Å²) in [6.45, 7) is 2.12. The highest BCUT2D eigenvalue weighted by molar-refractivity contribution is 7.89. The zero-order valence-corrected chi connectivity index (χ0v) is 19.3. The third-order valence-electron chi connectivity index (χ3n) is 5.04. The molecular formula is C22H26ClN3O5S. The van der Waals surface area contributed by atoms with Crippen LogP contribution in [0.15, 0.2) is 53.4 Å². The van der Waals surface area contributed by atoms with Gasteiger partial charge in [0.05, 0.1) is 17.5 Å². The molecule has 0 saturated carbocycles. The van der Waals surface area contributed by atoms with Gasteiger partial charge in [0.25, 0.3) is 0 Å². The van der Waals surface area contributed by atoms with Gasteiger partial charge < -0.3 is 15.0 Å². The number of nitrogens with one attached hydrogen (secondary N) is 2. The Balaban J connectivity index is 1.67. The maximum atomic E-state index is 12.9. The zero-order valence-electron chi connectivity index (χ0n) is 17.7. The van der Waals surface area contributed by atoms with Gasteiger partial charge in [0, 0.05) is 23.9 Å². The number of hydrogen-bond donors (Lipinski definition) is 2. The molecule has 8 nitrogen and oxygen atoms in total. The summed E-state index contributed by atoms with van der Waals surface area (Å²) in [6, 6.07) is 12.7. The number of aryl methyl sites for hydroxylation is 1. The Morgan fingerprint density at radius 2 is 1.81 bits per heavy atom.